The van der Waals surface area contributed by atoms with Gasteiger partial charge in [-0.1, -0.05) is 28.1 Å². The second-order valence-electron chi connectivity index (χ2n) is 5.55. The second kappa shape index (κ2) is 6.50. The minimum absolute atomic E-state index is 0.240. The highest BCUT2D eigenvalue weighted by Gasteiger charge is 2.56. The van der Waals surface area contributed by atoms with Crippen molar-refractivity contribution in [1.29, 1.82) is 0 Å². The van der Waals surface area contributed by atoms with Gasteiger partial charge in [-0.15, -0.1) is 0 Å². The Kier molecular flexibility index (Phi) is 4.43. The summed E-state index contributed by atoms with van der Waals surface area (Å²) >= 11 is 3.36. The Labute approximate surface area is 142 Å². The molecule has 2 aromatic rings. The summed E-state index contributed by atoms with van der Waals surface area (Å²) in [6.45, 7) is 0.325. The van der Waals surface area contributed by atoms with Crippen molar-refractivity contribution < 1.29 is 9.59 Å². The highest BCUT2D eigenvalue weighted by molar-refractivity contribution is 9.10. The van der Waals surface area contributed by atoms with Crippen LogP contribution >= 0.6 is 15.9 Å². The van der Waals surface area contributed by atoms with Gasteiger partial charge in [-0.05, 0) is 43.2 Å². The van der Waals surface area contributed by atoms with Gasteiger partial charge in [0.25, 0.3) is 0 Å². The van der Waals surface area contributed by atoms with Gasteiger partial charge in [0.1, 0.15) is 5.41 Å². The van der Waals surface area contributed by atoms with E-state index in [2.05, 4.69) is 31.5 Å². The minimum atomic E-state index is -0.947. The van der Waals surface area contributed by atoms with E-state index in [1.54, 1.807) is 18.3 Å². The molecule has 3 rings (SSSR count). The number of anilines is 1. The molecular weight excluding hydrogens is 358 g/mol. The number of rotatable bonds is 5. The van der Waals surface area contributed by atoms with Gasteiger partial charge in [-0.25, -0.2) is 0 Å². The van der Waals surface area contributed by atoms with E-state index >= 15 is 0 Å². The third-order valence-electron chi connectivity index (χ3n) is 3.86. The smallest absolute Gasteiger partial charge is 0.240 e. The topological polar surface area (TPSA) is 71.1 Å². The van der Waals surface area contributed by atoms with Crippen molar-refractivity contribution in [3.63, 3.8) is 0 Å². The molecule has 2 N–H and O–H groups in total. The maximum atomic E-state index is 12.5. The molecule has 1 heterocycles. The maximum Gasteiger partial charge on any atom is 0.240 e. The van der Waals surface area contributed by atoms with E-state index in [4.69, 9.17) is 0 Å². The molecule has 0 aliphatic heterocycles. The van der Waals surface area contributed by atoms with Crippen LogP contribution in [0, 0.1) is 5.41 Å². The Morgan fingerprint density at radius 3 is 2.61 bits per heavy atom. The number of aromatic nitrogens is 1. The molecule has 0 radical (unpaired) electrons. The van der Waals surface area contributed by atoms with E-state index in [0.717, 1.165) is 10.2 Å². The van der Waals surface area contributed by atoms with E-state index in [-0.39, 0.29) is 11.8 Å². The Morgan fingerprint density at radius 2 is 1.96 bits per heavy atom. The lowest BCUT2D eigenvalue weighted by atomic mass is 10.0. The lowest BCUT2D eigenvalue weighted by molar-refractivity contribution is -0.134. The molecule has 118 valence electrons. The standard InChI is InChI=1S/C17H16BrN3O2/c18-12-4-3-6-13(10-12)21-16(23)17(7-8-17)15(22)20-11-14-5-1-2-9-19-14/h1-6,9-10H,7-8,11H2,(H,20,22)(H,21,23). The van der Waals surface area contributed by atoms with E-state index < -0.39 is 5.41 Å². The van der Waals surface area contributed by atoms with E-state index in [1.165, 1.54) is 0 Å². The van der Waals surface area contributed by atoms with Crippen molar-refractivity contribution in [1.82, 2.24) is 10.3 Å². The van der Waals surface area contributed by atoms with Crippen LogP contribution in [0.5, 0.6) is 0 Å². The highest BCUT2D eigenvalue weighted by Crippen LogP contribution is 2.46. The zero-order valence-electron chi connectivity index (χ0n) is 12.4. The summed E-state index contributed by atoms with van der Waals surface area (Å²) < 4.78 is 0.875. The first-order chi connectivity index (χ1) is 11.1. The van der Waals surface area contributed by atoms with Crippen LogP contribution in [0.15, 0.2) is 53.1 Å². The number of carbonyl (C=O) groups excluding carboxylic acids is 2. The quantitative estimate of drug-likeness (QED) is 0.791. The number of nitrogens with one attached hydrogen (secondary N) is 2. The lowest BCUT2D eigenvalue weighted by Crippen LogP contribution is -2.39. The predicted octanol–water partition coefficient (Wildman–Crippen LogP) is 2.88. The van der Waals surface area contributed by atoms with Crippen LogP contribution < -0.4 is 10.6 Å². The first-order valence-corrected chi connectivity index (χ1v) is 8.15. The van der Waals surface area contributed by atoms with Gasteiger partial charge in [-0.2, -0.15) is 0 Å². The van der Waals surface area contributed by atoms with Gasteiger partial charge in [0.05, 0.1) is 12.2 Å². The summed E-state index contributed by atoms with van der Waals surface area (Å²) in [6, 6.07) is 12.8. The molecule has 1 aromatic carbocycles. The predicted molar refractivity (Wildman–Crippen MR) is 90.5 cm³/mol. The Morgan fingerprint density at radius 1 is 1.13 bits per heavy atom. The second-order valence-corrected chi connectivity index (χ2v) is 6.47. The monoisotopic (exact) mass is 373 g/mol. The van der Waals surface area contributed by atoms with Gasteiger partial charge < -0.3 is 10.6 Å². The lowest BCUT2D eigenvalue weighted by Gasteiger charge is -2.15. The summed E-state index contributed by atoms with van der Waals surface area (Å²) in [4.78, 5) is 29.0. The normalized spacial score (nSPS) is 14.8. The third kappa shape index (κ3) is 3.59. The van der Waals surface area contributed by atoms with Gasteiger partial charge >= 0.3 is 0 Å². The summed E-state index contributed by atoms with van der Waals surface area (Å²) in [5, 5.41) is 5.63. The zero-order chi connectivity index (χ0) is 16.3. The van der Waals surface area contributed by atoms with Gasteiger partial charge in [0.15, 0.2) is 0 Å². The Balaban J connectivity index is 1.62. The number of pyridine rings is 1. The SMILES string of the molecule is O=C(NCc1ccccn1)C1(C(=O)Nc2cccc(Br)c2)CC1. The molecule has 1 aliphatic rings. The van der Waals surface area contributed by atoms with Crippen LogP contribution in [-0.2, 0) is 16.1 Å². The molecule has 0 atom stereocenters. The summed E-state index contributed by atoms with van der Waals surface area (Å²) in [6.07, 6.45) is 2.82. The van der Waals surface area contributed by atoms with E-state index in [0.29, 0.717) is 25.1 Å². The molecule has 0 bridgehead atoms. The third-order valence-corrected chi connectivity index (χ3v) is 4.35. The molecular formula is C17H16BrN3O2. The number of halogens is 1. The van der Waals surface area contributed by atoms with Gasteiger partial charge in [0, 0.05) is 16.4 Å². The van der Waals surface area contributed by atoms with E-state index in [9.17, 15) is 9.59 Å². The first-order valence-electron chi connectivity index (χ1n) is 7.35. The number of hydrogen-bond acceptors (Lipinski definition) is 3. The molecule has 1 fully saturated rings. The molecule has 1 aliphatic carbocycles. The molecule has 1 aromatic heterocycles. The zero-order valence-corrected chi connectivity index (χ0v) is 14.0. The Bertz CT molecular complexity index is 730. The van der Waals surface area contributed by atoms with Crippen LogP contribution in [0.25, 0.3) is 0 Å². The number of nitrogens with zero attached hydrogens (tertiary/aromatic N) is 1. The fourth-order valence-corrected chi connectivity index (χ4v) is 2.74. The van der Waals surface area contributed by atoms with Crippen molar-refractivity contribution in [3.05, 3.63) is 58.8 Å². The van der Waals surface area contributed by atoms with Crippen molar-refractivity contribution in [2.24, 2.45) is 5.41 Å². The van der Waals surface area contributed by atoms with E-state index in [1.807, 2.05) is 30.3 Å². The van der Waals surface area contributed by atoms with Crippen LogP contribution in [0.3, 0.4) is 0 Å². The largest absolute Gasteiger partial charge is 0.350 e. The van der Waals surface area contributed by atoms with Crippen LogP contribution in [0.1, 0.15) is 18.5 Å². The highest BCUT2D eigenvalue weighted by atomic mass is 79.9. The average molecular weight is 374 g/mol. The summed E-state index contributed by atoms with van der Waals surface area (Å²) in [7, 11) is 0. The first kappa shape index (κ1) is 15.7. The number of carbonyl (C=O) groups is 2. The average Bonchev–Trinajstić information content (AvgIpc) is 3.35. The van der Waals surface area contributed by atoms with Gasteiger partial charge in [0.2, 0.25) is 11.8 Å². The van der Waals surface area contributed by atoms with Crippen molar-refractivity contribution in [3.8, 4) is 0 Å². The summed E-state index contributed by atoms with van der Waals surface area (Å²) in [5.74, 6) is -0.496. The molecule has 2 amide bonds. The van der Waals surface area contributed by atoms with Crippen LogP contribution in [-0.4, -0.2) is 16.8 Å². The fourth-order valence-electron chi connectivity index (χ4n) is 2.34. The maximum absolute atomic E-state index is 12.5. The van der Waals surface area contributed by atoms with Crippen LogP contribution in [0.2, 0.25) is 0 Å². The van der Waals surface area contributed by atoms with Gasteiger partial charge in [-0.3, -0.25) is 14.6 Å². The number of hydrogen-bond donors (Lipinski definition) is 2. The van der Waals surface area contributed by atoms with Crippen LogP contribution in [0.4, 0.5) is 5.69 Å². The fraction of sp³-hybridized carbons (Fsp3) is 0.235. The number of amides is 2. The Hall–Kier alpha value is -2.21. The van der Waals surface area contributed by atoms with Crippen molar-refractivity contribution in [2.45, 2.75) is 19.4 Å². The molecule has 0 spiro atoms. The summed E-state index contributed by atoms with van der Waals surface area (Å²) in [5.41, 5.74) is 0.495. The molecule has 6 heteroatoms. The minimum Gasteiger partial charge on any atom is -0.350 e. The molecule has 23 heavy (non-hydrogen) atoms. The molecule has 0 unspecified atom stereocenters. The number of benzene rings is 1. The van der Waals surface area contributed by atoms with Crippen molar-refractivity contribution in [2.75, 3.05) is 5.32 Å². The molecule has 1 saturated carbocycles. The molecule has 0 saturated heterocycles. The molecule has 5 nitrogen and oxygen atoms in total. The van der Waals surface area contributed by atoms with Crippen molar-refractivity contribution >= 4 is 33.4 Å².